The van der Waals surface area contributed by atoms with Gasteiger partial charge in [-0.1, -0.05) is 47.1 Å². The Hall–Kier alpha value is -1.16. The molecule has 2 rings (SSSR count). The van der Waals surface area contributed by atoms with E-state index in [2.05, 4.69) is 0 Å². The molecule has 1 N–H and O–H groups in total. The first-order valence-corrected chi connectivity index (χ1v) is 7.05. The van der Waals surface area contributed by atoms with Gasteiger partial charge in [0.15, 0.2) is 0 Å². The van der Waals surface area contributed by atoms with Crippen molar-refractivity contribution in [2.45, 2.75) is 16.2 Å². The lowest BCUT2D eigenvalue weighted by Crippen LogP contribution is -1.99. The number of carboxylic acids is 1. The van der Waals surface area contributed by atoms with Gasteiger partial charge in [-0.2, -0.15) is 0 Å². The fraction of sp³-hybridized carbons (Fsp3) is 0.0714. The smallest absolute Gasteiger partial charge is 0.307 e. The Bertz CT molecular complexity index is 597. The molecule has 0 amide bonds. The topological polar surface area (TPSA) is 37.3 Å². The van der Waals surface area contributed by atoms with E-state index in [0.29, 0.717) is 10.0 Å². The van der Waals surface area contributed by atoms with Crippen LogP contribution in [0.5, 0.6) is 0 Å². The molecule has 0 aliphatic heterocycles. The molecule has 2 aromatic rings. The molecule has 0 atom stereocenters. The Morgan fingerprint density at radius 1 is 1.00 bits per heavy atom. The molecule has 0 radical (unpaired) electrons. The standard InChI is InChI=1S/C14H10Cl2O2S/c15-12-6-5-11(8-13(12)16)19-10-3-1-9(2-4-10)7-14(17)18/h1-6,8H,7H2,(H,17,18). The van der Waals surface area contributed by atoms with Gasteiger partial charge in [-0.25, -0.2) is 0 Å². The minimum absolute atomic E-state index is 0.0394. The van der Waals surface area contributed by atoms with Crippen molar-refractivity contribution >= 4 is 40.9 Å². The van der Waals surface area contributed by atoms with Crippen LogP contribution < -0.4 is 0 Å². The van der Waals surface area contributed by atoms with Crippen LogP contribution >= 0.6 is 35.0 Å². The predicted molar refractivity (Wildman–Crippen MR) is 78.4 cm³/mol. The number of benzene rings is 2. The zero-order chi connectivity index (χ0) is 13.8. The van der Waals surface area contributed by atoms with Gasteiger partial charge in [-0.15, -0.1) is 0 Å². The van der Waals surface area contributed by atoms with Crippen molar-refractivity contribution in [1.82, 2.24) is 0 Å². The minimum atomic E-state index is -0.829. The molecule has 0 unspecified atom stereocenters. The van der Waals surface area contributed by atoms with Gasteiger partial charge in [-0.05, 0) is 35.9 Å². The number of carboxylic acid groups (broad SMARTS) is 1. The summed E-state index contributed by atoms with van der Waals surface area (Å²) in [6.45, 7) is 0. The third-order valence-electron chi connectivity index (χ3n) is 2.41. The second-order valence-corrected chi connectivity index (χ2v) is 5.85. The molecule has 5 heteroatoms. The number of carbonyl (C=O) groups is 1. The fourth-order valence-corrected chi connectivity index (χ4v) is 2.75. The average Bonchev–Trinajstić information content (AvgIpc) is 2.36. The maximum absolute atomic E-state index is 10.6. The molecule has 0 bridgehead atoms. The zero-order valence-corrected chi connectivity index (χ0v) is 12.1. The highest BCUT2D eigenvalue weighted by Crippen LogP contribution is 2.32. The number of halogens is 2. The fourth-order valence-electron chi connectivity index (χ4n) is 1.53. The Morgan fingerprint density at radius 2 is 1.63 bits per heavy atom. The lowest BCUT2D eigenvalue weighted by Gasteiger charge is -2.04. The minimum Gasteiger partial charge on any atom is -0.481 e. The summed E-state index contributed by atoms with van der Waals surface area (Å²) in [5.74, 6) is -0.829. The van der Waals surface area contributed by atoms with Crippen molar-refractivity contribution in [2.24, 2.45) is 0 Å². The number of hydrogen-bond donors (Lipinski definition) is 1. The summed E-state index contributed by atoms with van der Waals surface area (Å²) in [6, 6.07) is 12.9. The van der Waals surface area contributed by atoms with Crippen molar-refractivity contribution in [3.8, 4) is 0 Å². The van der Waals surface area contributed by atoms with Crippen LogP contribution in [-0.2, 0) is 11.2 Å². The van der Waals surface area contributed by atoms with Crippen LogP contribution in [0.2, 0.25) is 10.0 Å². The molecule has 98 valence electrons. The van der Waals surface area contributed by atoms with Crippen molar-refractivity contribution < 1.29 is 9.90 Å². The van der Waals surface area contributed by atoms with Crippen molar-refractivity contribution in [3.05, 3.63) is 58.1 Å². The van der Waals surface area contributed by atoms with Gasteiger partial charge < -0.3 is 5.11 Å². The Balaban J connectivity index is 2.10. The average molecular weight is 313 g/mol. The largest absolute Gasteiger partial charge is 0.481 e. The Kier molecular flexibility index (Phi) is 4.75. The summed E-state index contributed by atoms with van der Waals surface area (Å²) in [5, 5.41) is 9.75. The molecular formula is C14H10Cl2O2S. The van der Waals surface area contributed by atoms with Crippen molar-refractivity contribution in [3.63, 3.8) is 0 Å². The molecule has 2 aromatic carbocycles. The summed E-state index contributed by atoms with van der Waals surface area (Å²) < 4.78 is 0. The van der Waals surface area contributed by atoms with E-state index in [1.165, 1.54) is 0 Å². The highest BCUT2D eigenvalue weighted by atomic mass is 35.5. The van der Waals surface area contributed by atoms with E-state index in [1.54, 1.807) is 23.9 Å². The summed E-state index contributed by atoms with van der Waals surface area (Å²) >= 11 is 13.4. The molecule has 2 nitrogen and oxygen atoms in total. The van der Waals surface area contributed by atoms with E-state index in [-0.39, 0.29) is 6.42 Å². The first kappa shape index (κ1) is 14.3. The lowest BCUT2D eigenvalue weighted by atomic mass is 10.2. The maximum atomic E-state index is 10.6. The third-order valence-corrected chi connectivity index (χ3v) is 4.14. The van der Waals surface area contributed by atoms with Gasteiger partial charge in [0, 0.05) is 9.79 Å². The van der Waals surface area contributed by atoms with Gasteiger partial charge in [0.1, 0.15) is 0 Å². The number of aliphatic carboxylic acids is 1. The second-order valence-electron chi connectivity index (χ2n) is 3.89. The zero-order valence-electron chi connectivity index (χ0n) is 9.77. The van der Waals surface area contributed by atoms with Gasteiger partial charge >= 0.3 is 5.97 Å². The van der Waals surface area contributed by atoms with Crippen LogP contribution in [0.1, 0.15) is 5.56 Å². The maximum Gasteiger partial charge on any atom is 0.307 e. The third kappa shape index (κ3) is 4.16. The van der Waals surface area contributed by atoms with Crippen molar-refractivity contribution in [1.29, 1.82) is 0 Å². The molecule has 0 fully saturated rings. The van der Waals surface area contributed by atoms with Gasteiger partial charge in [0.05, 0.1) is 16.5 Å². The second kappa shape index (κ2) is 6.33. The van der Waals surface area contributed by atoms with Crippen molar-refractivity contribution in [2.75, 3.05) is 0 Å². The van der Waals surface area contributed by atoms with E-state index in [9.17, 15) is 4.79 Å². The van der Waals surface area contributed by atoms with Crippen LogP contribution in [0.4, 0.5) is 0 Å². The summed E-state index contributed by atoms with van der Waals surface area (Å²) in [6.07, 6.45) is 0.0394. The van der Waals surface area contributed by atoms with Crippen LogP contribution in [0.3, 0.4) is 0 Å². The van der Waals surface area contributed by atoms with Crippen LogP contribution in [0.15, 0.2) is 52.3 Å². The normalized spacial score (nSPS) is 10.4. The first-order valence-electron chi connectivity index (χ1n) is 5.48. The monoisotopic (exact) mass is 312 g/mol. The SMILES string of the molecule is O=C(O)Cc1ccc(Sc2ccc(Cl)c(Cl)c2)cc1. The predicted octanol–water partition coefficient (Wildman–Crippen LogP) is 4.77. The molecule has 0 spiro atoms. The molecule has 0 heterocycles. The number of rotatable bonds is 4. The van der Waals surface area contributed by atoms with Crippen LogP contribution in [0, 0.1) is 0 Å². The molecular weight excluding hydrogens is 303 g/mol. The summed E-state index contributed by atoms with van der Waals surface area (Å²) in [7, 11) is 0. The van der Waals surface area contributed by atoms with E-state index in [0.717, 1.165) is 15.4 Å². The summed E-state index contributed by atoms with van der Waals surface area (Å²) in [4.78, 5) is 12.6. The lowest BCUT2D eigenvalue weighted by molar-refractivity contribution is -0.136. The molecule has 0 aliphatic rings. The van der Waals surface area contributed by atoms with Crippen LogP contribution in [-0.4, -0.2) is 11.1 Å². The molecule has 0 saturated carbocycles. The van der Waals surface area contributed by atoms with E-state index in [1.807, 2.05) is 30.3 Å². The molecule has 0 aromatic heterocycles. The van der Waals surface area contributed by atoms with E-state index < -0.39 is 5.97 Å². The van der Waals surface area contributed by atoms with E-state index >= 15 is 0 Å². The quantitative estimate of drug-likeness (QED) is 0.883. The number of hydrogen-bond acceptors (Lipinski definition) is 2. The molecule has 19 heavy (non-hydrogen) atoms. The Labute approximate surface area is 125 Å². The Morgan fingerprint density at radius 3 is 2.21 bits per heavy atom. The van der Waals surface area contributed by atoms with Gasteiger partial charge in [0.25, 0.3) is 0 Å². The van der Waals surface area contributed by atoms with Gasteiger partial charge in [0.2, 0.25) is 0 Å². The van der Waals surface area contributed by atoms with E-state index in [4.69, 9.17) is 28.3 Å². The first-order chi connectivity index (χ1) is 9.04. The molecule has 0 saturated heterocycles. The van der Waals surface area contributed by atoms with Crippen LogP contribution in [0.25, 0.3) is 0 Å². The summed E-state index contributed by atoms with van der Waals surface area (Å²) in [5.41, 5.74) is 0.783. The van der Waals surface area contributed by atoms with Gasteiger partial charge in [-0.3, -0.25) is 4.79 Å². The highest BCUT2D eigenvalue weighted by molar-refractivity contribution is 7.99. The highest BCUT2D eigenvalue weighted by Gasteiger charge is 2.03. The molecule has 0 aliphatic carbocycles.